The van der Waals surface area contributed by atoms with E-state index < -0.39 is 5.60 Å². The molecule has 0 saturated carbocycles. The molecule has 0 spiro atoms. The number of anilines is 1. The minimum absolute atomic E-state index is 0.275. The number of rotatable bonds is 5. The molecule has 0 aliphatic carbocycles. The van der Waals surface area contributed by atoms with Crippen molar-refractivity contribution >= 4 is 29.4 Å². The molecule has 0 bridgehead atoms. The number of piperazine rings is 1. The van der Waals surface area contributed by atoms with Crippen molar-refractivity contribution in [2.24, 2.45) is 0 Å². The molecule has 1 heterocycles. The molecule has 28 heavy (non-hydrogen) atoms. The van der Waals surface area contributed by atoms with Crippen molar-refractivity contribution in [3.8, 4) is 5.75 Å². The van der Waals surface area contributed by atoms with Crippen LogP contribution in [0, 0.1) is 0 Å². The Bertz CT molecular complexity index is 685. The summed E-state index contributed by atoms with van der Waals surface area (Å²) in [6.07, 6.45) is -0.275. The van der Waals surface area contributed by atoms with Crippen LogP contribution in [0.1, 0.15) is 20.8 Å². The predicted molar refractivity (Wildman–Crippen MR) is 109 cm³/mol. The van der Waals surface area contributed by atoms with E-state index >= 15 is 0 Å². The number of amides is 3. The third-order valence-corrected chi connectivity index (χ3v) is 4.44. The summed E-state index contributed by atoms with van der Waals surface area (Å²) in [5, 5.41) is 5.99. The van der Waals surface area contributed by atoms with E-state index in [1.807, 2.05) is 20.8 Å². The Morgan fingerprint density at radius 2 is 1.86 bits per heavy atom. The highest BCUT2D eigenvalue weighted by Crippen LogP contribution is 2.27. The zero-order chi connectivity index (χ0) is 20.7. The first-order chi connectivity index (χ1) is 13.2. The first-order valence-corrected chi connectivity index (χ1v) is 9.64. The van der Waals surface area contributed by atoms with E-state index in [0.29, 0.717) is 42.6 Å². The number of halogens is 1. The second-order valence-electron chi connectivity index (χ2n) is 7.54. The topological polar surface area (TPSA) is 83.1 Å². The fourth-order valence-corrected chi connectivity index (χ4v) is 2.99. The lowest BCUT2D eigenvalue weighted by Crippen LogP contribution is -2.51. The van der Waals surface area contributed by atoms with Gasteiger partial charge in [0.05, 0.1) is 12.1 Å². The summed E-state index contributed by atoms with van der Waals surface area (Å²) in [5.41, 5.74) is 0.105. The fourth-order valence-electron chi connectivity index (χ4n) is 2.73. The number of methoxy groups -OCH3 is 1. The van der Waals surface area contributed by atoms with Crippen LogP contribution >= 0.6 is 11.6 Å². The summed E-state index contributed by atoms with van der Waals surface area (Å²) in [7, 11) is 1.54. The van der Waals surface area contributed by atoms with E-state index in [2.05, 4.69) is 15.5 Å². The Morgan fingerprint density at radius 1 is 1.18 bits per heavy atom. The van der Waals surface area contributed by atoms with E-state index in [0.717, 1.165) is 13.1 Å². The average molecular weight is 413 g/mol. The largest absolute Gasteiger partial charge is 0.495 e. The Balaban J connectivity index is 1.67. The lowest BCUT2D eigenvalue weighted by molar-refractivity contribution is 0.0147. The number of hydrogen-bond donors (Lipinski definition) is 2. The van der Waals surface area contributed by atoms with Crippen molar-refractivity contribution in [2.45, 2.75) is 26.4 Å². The van der Waals surface area contributed by atoms with E-state index in [4.69, 9.17) is 21.1 Å². The van der Waals surface area contributed by atoms with Gasteiger partial charge in [-0.1, -0.05) is 11.6 Å². The molecule has 1 aliphatic rings. The molecule has 1 aromatic rings. The lowest BCUT2D eigenvalue weighted by atomic mass is 10.2. The Labute approximate surface area is 171 Å². The maximum Gasteiger partial charge on any atom is 0.410 e. The molecule has 2 rings (SSSR count). The van der Waals surface area contributed by atoms with Crippen molar-refractivity contribution in [3.05, 3.63) is 23.2 Å². The van der Waals surface area contributed by atoms with Crippen LogP contribution in [-0.4, -0.2) is 73.9 Å². The van der Waals surface area contributed by atoms with Crippen LogP contribution in [0.5, 0.6) is 5.75 Å². The Kier molecular flexibility index (Phi) is 7.77. The maximum absolute atomic E-state index is 12.1. The van der Waals surface area contributed by atoms with Gasteiger partial charge >= 0.3 is 12.1 Å². The third-order valence-electron chi connectivity index (χ3n) is 4.15. The van der Waals surface area contributed by atoms with Gasteiger partial charge in [-0.05, 0) is 39.0 Å². The molecule has 2 N–H and O–H groups in total. The van der Waals surface area contributed by atoms with Gasteiger partial charge < -0.3 is 25.0 Å². The zero-order valence-electron chi connectivity index (χ0n) is 16.9. The smallest absolute Gasteiger partial charge is 0.410 e. The molecule has 1 fully saturated rings. The van der Waals surface area contributed by atoms with Gasteiger partial charge in [-0.3, -0.25) is 4.90 Å². The molecule has 0 unspecified atom stereocenters. The number of hydrogen-bond acceptors (Lipinski definition) is 5. The number of nitrogens with one attached hydrogen (secondary N) is 2. The van der Waals surface area contributed by atoms with Gasteiger partial charge in [0.2, 0.25) is 0 Å². The molecular weight excluding hydrogens is 384 g/mol. The Hall–Kier alpha value is -2.19. The van der Waals surface area contributed by atoms with E-state index in [1.165, 1.54) is 7.11 Å². The number of benzene rings is 1. The first kappa shape index (κ1) is 22.1. The van der Waals surface area contributed by atoms with Gasteiger partial charge in [-0.2, -0.15) is 0 Å². The standard InChI is InChI=1S/C19H29ClN4O4/c1-19(2,3)28-18(26)24-11-9-23(10-12-24)8-7-21-17(25)22-14-5-6-16(27-4)15(20)13-14/h5-6,13H,7-12H2,1-4H3,(H2,21,22,25). The molecule has 1 aliphatic heterocycles. The molecule has 1 aromatic carbocycles. The monoisotopic (exact) mass is 412 g/mol. The highest BCUT2D eigenvalue weighted by atomic mass is 35.5. The van der Waals surface area contributed by atoms with E-state index in [9.17, 15) is 9.59 Å². The van der Waals surface area contributed by atoms with Gasteiger partial charge in [0, 0.05) is 45.0 Å². The average Bonchev–Trinajstić information content (AvgIpc) is 2.61. The summed E-state index contributed by atoms with van der Waals surface area (Å²) < 4.78 is 10.5. The molecule has 9 heteroatoms. The second-order valence-corrected chi connectivity index (χ2v) is 7.95. The van der Waals surface area contributed by atoms with Crippen LogP contribution in [-0.2, 0) is 4.74 Å². The minimum Gasteiger partial charge on any atom is -0.495 e. The summed E-state index contributed by atoms with van der Waals surface area (Å²) in [4.78, 5) is 28.0. The number of urea groups is 1. The molecule has 1 saturated heterocycles. The van der Waals surface area contributed by atoms with Crippen molar-refractivity contribution in [1.82, 2.24) is 15.1 Å². The van der Waals surface area contributed by atoms with Crippen LogP contribution in [0.4, 0.5) is 15.3 Å². The molecule has 3 amide bonds. The van der Waals surface area contributed by atoms with Gasteiger partial charge in [0.15, 0.2) is 0 Å². The molecule has 0 radical (unpaired) electrons. The van der Waals surface area contributed by atoms with Gasteiger partial charge in [-0.25, -0.2) is 9.59 Å². The number of nitrogens with zero attached hydrogens (tertiary/aromatic N) is 2. The molecule has 0 aromatic heterocycles. The highest BCUT2D eigenvalue weighted by molar-refractivity contribution is 6.32. The summed E-state index contributed by atoms with van der Waals surface area (Å²) in [6.45, 7) is 9.51. The number of carbonyl (C=O) groups is 2. The highest BCUT2D eigenvalue weighted by Gasteiger charge is 2.25. The predicted octanol–water partition coefficient (Wildman–Crippen LogP) is 3.02. The van der Waals surface area contributed by atoms with Gasteiger partial charge in [-0.15, -0.1) is 0 Å². The fraction of sp³-hybridized carbons (Fsp3) is 0.579. The number of ether oxygens (including phenoxy) is 2. The van der Waals surface area contributed by atoms with Crippen LogP contribution in [0.3, 0.4) is 0 Å². The summed E-state index contributed by atoms with van der Waals surface area (Å²) in [5.74, 6) is 0.554. The number of carbonyl (C=O) groups excluding carboxylic acids is 2. The van der Waals surface area contributed by atoms with Gasteiger partial charge in [0.25, 0.3) is 0 Å². The zero-order valence-corrected chi connectivity index (χ0v) is 17.6. The maximum atomic E-state index is 12.1. The van der Waals surface area contributed by atoms with Crippen LogP contribution < -0.4 is 15.4 Å². The Morgan fingerprint density at radius 3 is 2.43 bits per heavy atom. The quantitative estimate of drug-likeness (QED) is 0.776. The van der Waals surface area contributed by atoms with Crippen LogP contribution in [0.25, 0.3) is 0 Å². The van der Waals surface area contributed by atoms with E-state index in [-0.39, 0.29) is 12.1 Å². The van der Waals surface area contributed by atoms with E-state index in [1.54, 1.807) is 23.1 Å². The normalized spacial score (nSPS) is 15.1. The van der Waals surface area contributed by atoms with Crippen molar-refractivity contribution in [2.75, 3.05) is 51.7 Å². The van der Waals surface area contributed by atoms with Crippen LogP contribution in [0.15, 0.2) is 18.2 Å². The molecule has 0 atom stereocenters. The van der Waals surface area contributed by atoms with Gasteiger partial charge in [0.1, 0.15) is 11.4 Å². The lowest BCUT2D eigenvalue weighted by Gasteiger charge is -2.35. The SMILES string of the molecule is COc1ccc(NC(=O)NCCN2CCN(C(=O)OC(C)(C)C)CC2)cc1Cl. The molecule has 8 nitrogen and oxygen atoms in total. The van der Waals surface area contributed by atoms with Crippen molar-refractivity contribution < 1.29 is 19.1 Å². The summed E-state index contributed by atoms with van der Waals surface area (Å²) in [6, 6.07) is 4.76. The first-order valence-electron chi connectivity index (χ1n) is 9.26. The second kappa shape index (κ2) is 9.84. The summed E-state index contributed by atoms with van der Waals surface area (Å²) >= 11 is 6.05. The molecule has 156 valence electrons. The third kappa shape index (κ3) is 7.09. The van der Waals surface area contributed by atoms with Crippen molar-refractivity contribution in [1.29, 1.82) is 0 Å². The van der Waals surface area contributed by atoms with Crippen molar-refractivity contribution in [3.63, 3.8) is 0 Å². The molecular formula is C19H29ClN4O4. The minimum atomic E-state index is -0.486. The van der Waals surface area contributed by atoms with Crippen LogP contribution in [0.2, 0.25) is 5.02 Å².